The molecule has 1 saturated heterocycles. The van der Waals surface area contributed by atoms with Crippen LogP contribution in [0.5, 0.6) is 0 Å². The molecular weight excluding hydrogens is 176 g/mol. The Morgan fingerprint density at radius 3 is 2.85 bits per heavy atom. The first-order chi connectivity index (χ1) is 6.27. The standard InChI is InChI=1S/C11H22OSi/c1-3-4-5-7-10-13(2)11-8-6-9-12-13/h7,10H,3-6,8-9,11H2,1-2H3/b10-7+. The van der Waals surface area contributed by atoms with Gasteiger partial charge in [0.2, 0.25) is 8.32 Å². The lowest BCUT2D eigenvalue weighted by molar-refractivity contribution is 0.278. The van der Waals surface area contributed by atoms with Crippen LogP contribution in [0.15, 0.2) is 11.8 Å². The van der Waals surface area contributed by atoms with Gasteiger partial charge in [-0.15, -0.1) is 0 Å². The predicted molar refractivity (Wildman–Crippen MR) is 60.3 cm³/mol. The summed E-state index contributed by atoms with van der Waals surface area (Å²) in [5, 5.41) is 0. The van der Waals surface area contributed by atoms with E-state index in [0.717, 1.165) is 6.61 Å². The monoisotopic (exact) mass is 198 g/mol. The van der Waals surface area contributed by atoms with Crippen molar-refractivity contribution >= 4 is 8.32 Å². The second-order valence-electron chi connectivity index (χ2n) is 4.16. The van der Waals surface area contributed by atoms with Gasteiger partial charge in [-0.1, -0.05) is 38.0 Å². The zero-order valence-electron chi connectivity index (χ0n) is 9.01. The van der Waals surface area contributed by atoms with Crippen LogP contribution >= 0.6 is 0 Å². The van der Waals surface area contributed by atoms with Crippen molar-refractivity contribution in [1.82, 2.24) is 0 Å². The van der Waals surface area contributed by atoms with E-state index < -0.39 is 8.32 Å². The molecule has 2 heteroatoms. The van der Waals surface area contributed by atoms with Gasteiger partial charge in [-0.2, -0.15) is 0 Å². The molecule has 0 aliphatic carbocycles. The van der Waals surface area contributed by atoms with Gasteiger partial charge in [-0.3, -0.25) is 0 Å². The average Bonchev–Trinajstić information content (AvgIpc) is 2.14. The largest absolute Gasteiger partial charge is 0.413 e. The summed E-state index contributed by atoms with van der Waals surface area (Å²) in [6, 6.07) is 1.33. The van der Waals surface area contributed by atoms with E-state index in [4.69, 9.17) is 4.43 Å². The van der Waals surface area contributed by atoms with Crippen molar-refractivity contribution in [2.75, 3.05) is 6.61 Å². The highest BCUT2D eigenvalue weighted by molar-refractivity contribution is 6.77. The quantitative estimate of drug-likeness (QED) is 0.495. The zero-order valence-corrected chi connectivity index (χ0v) is 10.0. The van der Waals surface area contributed by atoms with Crippen LogP contribution in [0.25, 0.3) is 0 Å². The van der Waals surface area contributed by atoms with E-state index in [9.17, 15) is 0 Å². The molecular formula is C11H22OSi. The van der Waals surface area contributed by atoms with Gasteiger partial charge >= 0.3 is 0 Å². The second-order valence-corrected chi connectivity index (χ2v) is 7.91. The molecule has 13 heavy (non-hydrogen) atoms. The molecule has 0 aromatic carbocycles. The van der Waals surface area contributed by atoms with Gasteiger partial charge in [0.25, 0.3) is 0 Å². The molecule has 1 rings (SSSR count). The molecule has 1 aliphatic heterocycles. The van der Waals surface area contributed by atoms with Crippen molar-refractivity contribution < 1.29 is 4.43 Å². The van der Waals surface area contributed by atoms with Crippen LogP contribution in [0.4, 0.5) is 0 Å². The normalized spacial score (nSPS) is 29.7. The second kappa shape index (κ2) is 5.61. The van der Waals surface area contributed by atoms with Crippen molar-refractivity contribution in [2.24, 2.45) is 0 Å². The number of rotatable bonds is 4. The van der Waals surface area contributed by atoms with E-state index >= 15 is 0 Å². The Hall–Kier alpha value is -0.0831. The highest BCUT2D eigenvalue weighted by Crippen LogP contribution is 2.22. The van der Waals surface area contributed by atoms with Crippen molar-refractivity contribution in [1.29, 1.82) is 0 Å². The molecule has 0 aromatic rings. The molecule has 1 fully saturated rings. The Balaban J connectivity index is 2.27. The summed E-state index contributed by atoms with van der Waals surface area (Å²) >= 11 is 0. The van der Waals surface area contributed by atoms with Gasteiger partial charge in [0.1, 0.15) is 0 Å². The Labute approximate surface area is 83.3 Å². The topological polar surface area (TPSA) is 9.23 Å². The summed E-state index contributed by atoms with van der Waals surface area (Å²) < 4.78 is 5.90. The van der Waals surface area contributed by atoms with Gasteiger partial charge in [-0.25, -0.2) is 0 Å². The maximum absolute atomic E-state index is 5.90. The minimum atomic E-state index is -1.37. The Morgan fingerprint density at radius 2 is 2.23 bits per heavy atom. The van der Waals surface area contributed by atoms with Crippen molar-refractivity contribution in [3.05, 3.63) is 11.8 Å². The van der Waals surface area contributed by atoms with E-state index in [-0.39, 0.29) is 0 Å². The summed E-state index contributed by atoms with van der Waals surface area (Å²) in [5.41, 5.74) is 2.40. The van der Waals surface area contributed by atoms with Gasteiger partial charge in [0, 0.05) is 6.61 Å². The molecule has 0 N–H and O–H groups in total. The smallest absolute Gasteiger partial charge is 0.213 e. The van der Waals surface area contributed by atoms with E-state index in [2.05, 4.69) is 25.2 Å². The molecule has 1 aliphatic rings. The highest BCUT2D eigenvalue weighted by Gasteiger charge is 2.27. The average molecular weight is 198 g/mol. The van der Waals surface area contributed by atoms with Crippen LogP contribution < -0.4 is 0 Å². The van der Waals surface area contributed by atoms with Crippen LogP contribution in [-0.4, -0.2) is 14.9 Å². The molecule has 1 heterocycles. The first-order valence-electron chi connectivity index (χ1n) is 5.58. The van der Waals surface area contributed by atoms with E-state index in [1.807, 2.05) is 0 Å². The lowest BCUT2D eigenvalue weighted by Gasteiger charge is -2.28. The molecule has 0 saturated carbocycles. The Morgan fingerprint density at radius 1 is 1.38 bits per heavy atom. The molecule has 0 spiro atoms. The molecule has 76 valence electrons. The minimum absolute atomic E-state index is 1.00. The van der Waals surface area contributed by atoms with E-state index in [1.54, 1.807) is 0 Å². The van der Waals surface area contributed by atoms with Gasteiger partial charge in [0.15, 0.2) is 0 Å². The molecule has 0 bridgehead atoms. The fraction of sp³-hybridized carbons (Fsp3) is 0.818. The van der Waals surface area contributed by atoms with E-state index in [1.165, 1.54) is 38.1 Å². The molecule has 0 radical (unpaired) electrons. The van der Waals surface area contributed by atoms with Crippen LogP contribution in [-0.2, 0) is 4.43 Å². The molecule has 1 unspecified atom stereocenters. The van der Waals surface area contributed by atoms with Crippen LogP contribution in [0.1, 0.15) is 39.0 Å². The number of unbranched alkanes of at least 4 members (excludes halogenated alkanes) is 2. The summed E-state index contributed by atoms with van der Waals surface area (Å²) in [4.78, 5) is 0. The van der Waals surface area contributed by atoms with Crippen LogP contribution in [0, 0.1) is 0 Å². The first-order valence-corrected chi connectivity index (χ1v) is 8.28. The molecule has 1 atom stereocenters. The third-order valence-electron chi connectivity index (χ3n) is 2.69. The summed E-state index contributed by atoms with van der Waals surface area (Å²) in [5.74, 6) is 0. The third kappa shape index (κ3) is 4.10. The first kappa shape index (κ1) is 11.0. The van der Waals surface area contributed by atoms with Crippen LogP contribution in [0.3, 0.4) is 0 Å². The Kier molecular flexibility index (Phi) is 4.74. The summed E-state index contributed by atoms with van der Waals surface area (Å²) in [6.45, 7) is 5.58. The maximum atomic E-state index is 5.90. The fourth-order valence-corrected chi connectivity index (χ4v) is 4.38. The van der Waals surface area contributed by atoms with Crippen molar-refractivity contribution in [3.63, 3.8) is 0 Å². The third-order valence-corrected chi connectivity index (χ3v) is 5.84. The van der Waals surface area contributed by atoms with Gasteiger partial charge < -0.3 is 4.43 Å². The maximum Gasteiger partial charge on any atom is 0.213 e. The van der Waals surface area contributed by atoms with Crippen molar-refractivity contribution in [2.45, 2.75) is 51.6 Å². The highest BCUT2D eigenvalue weighted by atomic mass is 28.4. The van der Waals surface area contributed by atoms with Gasteiger partial charge in [-0.05, 0) is 25.4 Å². The predicted octanol–water partition coefficient (Wildman–Crippen LogP) is 3.66. The van der Waals surface area contributed by atoms with Crippen LogP contribution in [0.2, 0.25) is 12.6 Å². The fourth-order valence-electron chi connectivity index (χ4n) is 1.74. The van der Waals surface area contributed by atoms with Crippen molar-refractivity contribution in [3.8, 4) is 0 Å². The zero-order chi connectivity index (χ0) is 9.57. The molecule has 0 amide bonds. The minimum Gasteiger partial charge on any atom is -0.413 e. The number of allylic oxidation sites excluding steroid dienone is 1. The van der Waals surface area contributed by atoms with Gasteiger partial charge in [0.05, 0.1) is 0 Å². The molecule has 0 aromatic heterocycles. The van der Waals surface area contributed by atoms with E-state index in [0.29, 0.717) is 0 Å². The summed E-state index contributed by atoms with van der Waals surface area (Å²) in [6.07, 6.45) is 8.85. The SMILES string of the molecule is CCCC/C=C/[Si]1(C)CCCCO1. The lowest BCUT2D eigenvalue weighted by Crippen LogP contribution is -2.35. The number of hydrogen-bond donors (Lipinski definition) is 0. The Bertz CT molecular complexity index is 159. The molecule has 1 nitrogen and oxygen atoms in total. The number of hydrogen-bond acceptors (Lipinski definition) is 1. The summed E-state index contributed by atoms with van der Waals surface area (Å²) in [7, 11) is -1.37. The lowest BCUT2D eigenvalue weighted by atomic mass is 10.2.